The van der Waals surface area contributed by atoms with Crippen LogP contribution in [0.5, 0.6) is 5.75 Å². The molecule has 1 amide bonds. The van der Waals surface area contributed by atoms with Crippen LogP contribution in [-0.4, -0.2) is 52.3 Å². The molecule has 0 spiro atoms. The van der Waals surface area contributed by atoms with Gasteiger partial charge in [0, 0.05) is 32.6 Å². The van der Waals surface area contributed by atoms with E-state index in [2.05, 4.69) is 20.3 Å². The number of primary amides is 1. The molecule has 0 bridgehead atoms. The molecule has 3 heterocycles. The fraction of sp³-hybridized carbons (Fsp3) is 0.217. The van der Waals surface area contributed by atoms with Gasteiger partial charge in [-0.3, -0.25) is 14.3 Å². The molecule has 4 aromatic rings. The fourth-order valence-electron chi connectivity index (χ4n) is 3.54. The Morgan fingerprint density at radius 1 is 1.05 bits per heavy atom. The highest BCUT2D eigenvalue weighted by molar-refractivity contribution is 6.39. The van der Waals surface area contributed by atoms with Crippen molar-refractivity contribution in [3.63, 3.8) is 0 Å². The predicted octanol–water partition coefficient (Wildman–Crippen LogP) is 5.99. The molecule has 0 aliphatic heterocycles. The molecule has 1 aromatic carbocycles. The monoisotopic (exact) mass is 607 g/mol. The minimum atomic E-state index is -4.79. The first-order chi connectivity index (χ1) is 18.5. The summed E-state index contributed by atoms with van der Waals surface area (Å²) in [6.45, 7) is -1.77. The molecule has 0 saturated carbocycles. The lowest BCUT2D eigenvalue weighted by molar-refractivity contribution is -0.153. The van der Waals surface area contributed by atoms with E-state index in [9.17, 15) is 31.1 Å². The molecule has 212 valence electrons. The van der Waals surface area contributed by atoms with E-state index in [1.54, 1.807) is 0 Å². The number of halogens is 8. The second-order valence-electron chi connectivity index (χ2n) is 8.44. The Balaban J connectivity index is 2.05. The van der Waals surface area contributed by atoms with Crippen LogP contribution < -0.4 is 20.7 Å². The number of nitrogens with one attached hydrogen (secondary N) is 1. The van der Waals surface area contributed by atoms with Crippen LogP contribution in [0.1, 0.15) is 15.9 Å². The number of amides is 1. The van der Waals surface area contributed by atoms with Crippen molar-refractivity contribution in [2.45, 2.75) is 12.4 Å². The Kier molecular flexibility index (Phi) is 7.64. The fourth-order valence-corrected chi connectivity index (χ4v) is 4.00. The van der Waals surface area contributed by atoms with Crippen molar-refractivity contribution in [3.05, 3.63) is 57.8 Å². The smallest absolute Gasteiger partial charge is 0.422 e. The maximum Gasteiger partial charge on any atom is 0.422 e. The van der Waals surface area contributed by atoms with E-state index in [0.29, 0.717) is 6.07 Å². The molecule has 0 radical (unpaired) electrons. The van der Waals surface area contributed by atoms with Crippen LogP contribution in [0, 0.1) is 0 Å². The molecule has 9 nitrogen and oxygen atoms in total. The minimum absolute atomic E-state index is 0.0177. The number of ether oxygens (including phenoxy) is 1. The second kappa shape index (κ2) is 10.5. The van der Waals surface area contributed by atoms with Gasteiger partial charge in [-0.15, -0.1) is 0 Å². The molecule has 4 rings (SSSR count). The Labute approximate surface area is 231 Å². The number of alkyl halides is 6. The van der Waals surface area contributed by atoms with Crippen LogP contribution in [0.2, 0.25) is 10.0 Å². The van der Waals surface area contributed by atoms with Crippen molar-refractivity contribution in [3.8, 4) is 11.6 Å². The lowest BCUT2D eigenvalue weighted by Crippen LogP contribution is -2.21. The number of fused-ring (bicyclic) bond motifs is 1. The zero-order valence-corrected chi connectivity index (χ0v) is 21.8. The maximum absolute atomic E-state index is 13.8. The molecule has 0 aliphatic carbocycles. The van der Waals surface area contributed by atoms with Gasteiger partial charge in [0.2, 0.25) is 5.95 Å². The first kappa shape index (κ1) is 29.0. The van der Waals surface area contributed by atoms with E-state index in [1.165, 1.54) is 31.4 Å². The SMILES string of the molecule is CN(C)c1cc(C(F)(F)F)cc(-n2c(Nc3c(Cl)cncc3Cl)nc3cc(C(N)=O)c(OCC(F)(F)F)cc32)n1. The van der Waals surface area contributed by atoms with Crippen LogP contribution in [-0.2, 0) is 6.18 Å². The van der Waals surface area contributed by atoms with Gasteiger partial charge in [-0.25, -0.2) is 9.97 Å². The normalized spacial score (nSPS) is 12.1. The van der Waals surface area contributed by atoms with Gasteiger partial charge >= 0.3 is 12.4 Å². The molecule has 0 saturated heterocycles. The number of hydrogen-bond acceptors (Lipinski definition) is 7. The molecule has 3 N–H and O–H groups in total. The van der Waals surface area contributed by atoms with Gasteiger partial charge in [0.25, 0.3) is 5.91 Å². The van der Waals surface area contributed by atoms with Gasteiger partial charge in [-0.1, -0.05) is 23.2 Å². The standard InChI is InChI=1S/C23H17Cl2F6N7O2/c1-37(2)17-3-10(23(29,30)31)4-18(35-17)38-15-6-16(40-9-22(26,27)28)11(20(32)39)5-14(15)34-21(38)36-19-12(24)7-33-8-13(19)25/h3-8H,9H2,1-2H3,(H2,32,39)(H,33,34,36). The Hall–Kier alpha value is -3.98. The Morgan fingerprint density at radius 3 is 2.25 bits per heavy atom. The van der Waals surface area contributed by atoms with E-state index in [4.69, 9.17) is 33.7 Å². The van der Waals surface area contributed by atoms with Crippen LogP contribution in [0.25, 0.3) is 16.9 Å². The average molecular weight is 608 g/mol. The summed E-state index contributed by atoms with van der Waals surface area (Å²) in [5.74, 6) is -2.34. The molecule has 40 heavy (non-hydrogen) atoms. The Morgan fingerprint density at radius 2 is 1.70 bits per heavy atom. The molecular weight excluding hydrogens is 591 g/mol. The van der Waals surface area contributed by atoms with Crippen molar-refractivity contribution in [2.75, 3.05) is 30.9 Å². The van der Waals surface area contributed by atoms with Gasteiger partial charge in [-0.05, 0) is 18.2 Å². The van der Waals surface area contributed by atoms with Crippen LogP contribution in [0.3, 0.4) is 0 Å². The van der Waals surface area contributed by atoms with Crippen LogP contribution in [0.15, 0.2) is 36.7 Å². The van der Waals surface area contributed by atoms with Gasteiger partial charge in [0.05, 0.1) is 37.9 Å². The van der Waals surface area contributed by atoms with Gasteiger partial charge < -0.3 is 20.7 Å². The average Bonchev–Trinajstić information content (AvgIpc) is 3.20. The number of imidazole rings is 1. The summed E-state index contributed by atoms with van der Waals surface area (Å²) < 4.78 is 86.1. The largest absolute Gasteiger partial charge is 0.483 e. The van der Waals surface area contributed by atoms with E-state index in [1.807, 2.05) is 0 Å². The van der Waals surface area contributed by atoms with Crippen molar-refractivity contribution in [1.29, 1.82) is 0 Å². The number of carbonyl (C=O) groups excluding carboxylic acids is 1. The molecule has 0 atom stereocenters. The number of rotatable bonds is 7. The van der Waals surface area contributed by atoms with Crippen molar-refractivity contribution in [1.82, 2.24) is 19.5 Å². The summed E-state index contributed by atoms with van der Waals surface area (Å²) >= 11 is 12.4. The van der Waals surface area contributed by atoms with Gasteiger partial charge in [-0.2, -0.15) is 26.3 Å². The number of nitrogens with two attached hydrogens (primary N) is 1. The third kappa shape index (κ3) is 6.09. The van der Waals surface area contributed by atoms with E-state index in [0.717, 1.165) is 22.8 Å². The minimum Gasteiger partial charge on any atom is -0.483 e. The molecule has 0 unspecified atom stereocenters. The molecule has 0 fully saturated rings. The van der Waals surface area contributed by atoms with E-state index < -0.39 is 41.7 Å². The summed E-state index contributed by atoms with van der Waals surface area (Å²) in [5, 5.41) is 2.84. The topological polar surface area (TPSA) is 111 Å². The summed E-state index contributed by atoms with van der Waals surface area (Å²) in [4.78, 5) is 25.8. The third-order valence-corrected chi connectivity index (χ3v) is 5.89. The number of nitrogens with zero attached hydrogens (tertiary/aromatic N) is 5. The van der Waals surface area contributed by atoms with E-state index in [-0.39, 0.29) is 44.4 Å². The van der Waals surface area contributed by atoms with Crippen LogP contribution in [0.4, 0.5) is 43.8 Å². The van der Waals surface area contributed by atoms with Crippen molar-refractivity contribution in [2.24, 2.45) is 5.73 Å². The zero-order valence-electron chi connectivity index (χ0n) is 20.3. The summed E-state index contributed by atoms with van der Waals surface area (Å²) in [5.41, 5.74) is 3.77. The highest BCUT2D eigenvalue weighted by atomic mass is 35.5. The number of hydrogen-bond donors (Lipinski definition) is 2. The second-order valence-corrected chi connectivity index (χ2v) is 9.26. The number of benzene rings is 1. The number of aromatic nitrogens is 4. The van der Waals surface area contributed by atoms with Crippen molar-refractivity contribution < 1.29 is 35.9 Å². The zero-order chi connectivity index (χ0) is 29.6. The summed E-state index contributed by atoms with van der Waals surface area (Å²) in [7, 11) is 2.94. The number of pyridine rings is 2. The molecular formula is C23H17Cl2F6N7O2. The molecule has 3 aromatic heterocycles. The van der Waals surface area contributed by atoms with Gasteiger partial charge in [0.15, 0.2) is 6.61 Å². The summed E-state index contributed by atoms with van der Waals surface area (Å²) in [6, 6.07) is 3.57. The third-order valence-electron chi connectivity index (χ3n) is 5.32. The predicted molar refractivity (Wildman–Crippen MR) is 136 cm³/mol. The lowest BCUT2D eigenvalue weighted by Gasteiger charge is -2.18. The highest BCUT2D eigenvalue weighted by Crippen LogP contribution is 2.38. The van der Waals surface area contributed by atoms with Crippen LogP contribution >= 0.6 is 23.2 Å². The first-order valence-electron chi connectivity index (χ1n) is 10.9. The summed E-state index contributed by atoms with van der Waals surface area (Å²) in [6.07, 6.45) is -7.08. The number of anilines is 3. The highest BCUT2D eigenvalue weighted by Gasteiger charge is 2.33. The first-order valence-corrected chi connectivity index (χ1v) is 11.7. The number of carbonyl (C=O) groups is 1. The van der Waals surface area contributed by atoms with Gasteiger partial charge in [0.1, 0.15) is 17.4 Å². The van der Waals surface area contributed by atoms with Crippen molar-refractivity contribution >= 4 is 57.6 Å². The lowest BCUT2D eigenvalue weighted by atomic mass is 10.1. The quantitative estimate of drug-likeness (QED) is 0.248. The maximum atomic E-state index is 13.8. The molecule has 0 aliphatic rings. The molecule has 17 heteroatoms. The Bertz CT molecular complexity index is 1590. The van der Waals surface area contributed by atoms with E-state index >= 15 is 0 Å².